The van der Waals surface area contributed by atoms with Crippen molar-refractivity contribution in [2.75, 3.05) is 6.61 Å². The molecule has 3 aliphatic rings. The average molecular weight is 418 g/mol. The van der Waals surface area contributed by atoms with Gasteiger partial charge in [-0.05, 0) is 61.1 Å². The van der Waals surface area contributed by atoms with Crippen LogP contribution in [0.1, 0.15) is 43.0 Å². The SMILES string of the molecule is C=C1C(=O)O[C@H]2[C@H]1CC/C(COC(=O)c1ccc3ccccc3c1)=C\CC[C@@]1(C)O[C@@H]21. The minimum Gasteiger partial charge on any atom is -0.458 e. The minimum absolute atomic E-state index is 0.0543. The third-order valence-electron chi connectivity index (χ3n) is 6.81. The molecule has 2 saturated heterocycles. The molecule has 0 N–H and O–H groups in total. The van der Waals surface area contributed by atoms with Crippen molar-refractivity contribution in [3.63, 3.8) is 0 Å². The molecule has 0 spiro atoms. The van der Waals surface area contributed by atoms with Crippen LogP contribution in [0.4, 0.5) is 0 Å². The molecule has 1 aliphatic carbocycles. The van der Waals surface area contributed by atoms with Gasteiger partial charge in [-0.2, -0.15) is 0 Å². The zero-order chi connectivity index (χ0) is 21.6. The first-order valence-corrected chi connectivity index (χ1v) is 10.9. The Bertz CT molecular complexity index is 1100. The summed E-state index contributed by atoms with van der Waals surface area (Å²) in [5.41, 5.74) is 1.86. The van der Waals surface area contributed by atoms with Crippen molar-refractivity contribution in [3.8, 4) is 0 Å². The number of fused-ring (bicyclic) bond motifs is 4. The summed E-state index contributed by atoms with van der Waals surface area (Å²) in [4.78, 5) is 24.7. The van der Waals surface area contributed by atoms with Gasteiger partial charge in [-0.25, -0.2) is 9.59 Å². The van der Waals surface area contributed by atoms with Gasteiger partial charge in [0.2, 0.25) is 0 Å². The van der Waals surface area contributed by atoms with E-state index in [1.807, 2.05) is 36.4 Å². The van der Waals surface area contributed by atoms with Crippen molar-refractivity contribution >= 4 is 22.7 Å². The minimum atomic E-state index is -0.331. The smallest absolute Gasteiger partial charge is 0.338 e. The van der Waals surface area contributed by atoms with Gasteiger partial charge in [-0.1, -0.05) is 43.0 Å². The van der Waals surface area contributed by atoms with Crippen LogP contribution < -0.4 is 0 Å². The number of carbonyl (C=O) groups is 2. The van der Waals surface area contributed by atoms with Crippen LogP contribution in [0.15, 0.2) is 66.3 Å². The number of ether oxygens (including phenoxy) is 3. The normalized spacial score (nSPS) is 31.8. The third kappa shape index (κ3) is 3.79. The first-order chi connectivity index (χ1) is 14.9. The van der Waals surface area contributed by atoms with Crippen LogP contribution in [-0.2, 0) is 19.0 Å². The number of allylic oxidation sites excluding steroid dienone is 1. The van der Waals surface area contributed by atoms with E-state index in [2.05, 4.69) is 19.6 Å². The van der Waals surface area contributed by atoms with Crippen LogP contribution in [0.3, 0.4) is 0 Å². The molecule has 0 radical (unpaired) electrons. The molecular weight excluding hydrogens is 392 g/mol. The summed E-state index contributed by atoms with van der Waals surface area (Å²) in [6, 6.07) is 13.5. The summed E-state index contributed by atoms with van der Waals surface area (Å²) < 4.78 is 17.2. The highest BCUT2D eigenvalue weighted by molar-refractivity contribution is 5.95. The molecule has 0 amide bonds. The highest BCUT2D eigenvalue weighted by Crippen LogP contribution is 2.49. The zero-order valence-corrected chi connectivity index (χ0v) is 17.6. The van der Waals surface area contributed by atoms with Crippen LogP contribution in [0.5, 0.6) is 0 Å². The molecule has 2 fully saturated rings. The van der Waals surface area contributed by atoms with E-state index >= 15 is 0 Å². The molecular formula is C26H26O5. The molecule has 2 aromatic carbocycles. The lowest BCUT2D eigenvalue weighted by atomic mass is 9.84. The van der Waals surface area contributed by atoms with Crippen molar-refractivity contribution in [2.45, 2.75) is 50.4 Å². The number of hydrogen-bond donors (Lipinski definition) is 0. The van der Waals surface area contributed by atoms with Gasteiger partial charge in [0.1, 0.15) is 18.8 Å². The quantitative estimate of drug-likeness (QED) is 0.311. The van der Waals surface area contributed by atoms with Crippen LogP contribution >= 0.6 is 0 Å². The Balaban J connectivity index is 1.28. The molecule has 0 aromatic heterocycles. The lowest BCUT2D eigenvalue weighted by Crippen LogP contribution is -2.29. The van der Waals surface area contributed by atoms with Gasteiger partial charge in [0.15, 0.2) is 0 Å². The summed E-state index contributed by atoms with van der Waals surface area (Å²) in [5, 5.41) is 2.10. The standard InChI is InChI=1S/C26H26O5/c1-16-21-12-9-17(6-5-13-26(2)23(31-26)22(21)30-24(16)27)15-29-25(28)20-11-10-18-7-3-4-8-19(18)14-20/h3-4,6-8,10-11,14,21-23H,1,5,9,12-13,15H2,2H3/b17-6+/t21-,22-,23-,26+/m0/s1. The number of hydrogen-bond acceptors (Lipinski definition) is 5. The molecule has 4 atom stereocenters. The average Bonchev–Trinajstić information content (AvgIpc) is 3.37. The predicted octanol–water partition coefficient (Wildman–Crippen LogP) is 4.75. The Morgan fingerprint density at radius 1 is 1.23 bits per heavy atom. The van der Waals surface area contributed by atoms with Gasteiger partial charge < -0.3 is 14.2 Å². The van der Waals surface area contributed by atoms with Gasteiger partial charge in [0, 0.05) is 11.5 Å². The van der Waals surface area contributed by atoms with E-state index in [4.69, 9.17) is 14.2 Å². The van der Waals surface area contributed by atoms with Crippen LogP contribution in [-0.4, -0.2) is 36.4 Å². The van der Waals surface area contributed by atoms with Gasteiger partial charge in [-0.15, -0.1) is 0 Å². The van der Waals surface area contributed by atoms with Gasteiger partial charge in [0.25, 0.3) is 0 Å². The molecule has 2 heterocycles. The Morgan fingerprint density at radius 3 is 2.87 bits per heavy atom. The van der Waals surface area contributed by atoms with E-state index in [-0.39, 0.29) is 42.3 Å². The second-order valence-corrected chi connectivity index (χ2v) is 8.93. The lowest BCUT2D eigenvalue weighted by Gasteiger charge is -2.20. The monoisotopic (exact) mass is 418 g/mol. The van der Waals surface area contributed by atoms with E-state index in [1.54, 1.807) is 6.07 Å². The maximum absolute atomic E-state index is 12.6. The van der Waals surface area contributed by atoms with Gasteiger partial charge in [-0.3, -0.25) is 0 Å². The highest BCUT2D eigenvalue weighted by atomic mass is 16.6. The molecule has 2 aliphatic heterocycles. The number of carbonyl (C=O) groups excluding carboxylic acids is 2. The highest BCUT2D eigenvalue weighted by Gasteiger charge is 2.61. The molecule has 0 unspecified atom stereocenters. The summed E-state index contributed by atoms with van der Waals surface area (Å²) in [6.45, 7) is 6.26. The van der Waals surface area contributed by atoms with E-state index < -0.39 is 0 Å². The fourth-order valence-corrected chi connectivity index (χ4v) is 4.81. The molecule has 160 valence electrons. The molecule has 31 heavy (non-hydrogen) atoms. The van der Waals surface area contributed by atoms with Crippen LogP contribution in [0.2, 0.25) is 0 Å². The fourth-order valence-electron chi connectivity index (χ4n) is 4.81. The van der Waals surface area contributed by atoms with Crippen molar-refractivity contribution in [1.29, 1.82) is 0 Å². The van der Waals surface area contributed by atoms with Crippen LogP contribution in [0.25, 0.3) is 10.8 Å². The topological polar surface area (TPSA) is 65.1 Å². The molecule has 5 nitrogen and oxygen atoms in total. The van der Waals surface area contributed by atoms with Crippen molar-refractivity contribution in [1.82, 2.24) is 0 Å². The zero-order valence-electron chi connectivity index (χ0n) is 17.6. The summed E-state index contributed by atoms with van der Waals surface area (Å²) in [6.07, 6.45) is 4.97. The van der Waals surface area contributed by atoms with Crippen LogP contribution in [0, 0.1) is 5.92 Å². The second kappa shape index (κ2) is 7.65. The fraction of sp³-hybridized carbons (Fsp3) is 0.385. The molecule has 5 rings (SSSR count). The molecule has 5 heteroatoms. The second-order valence-electron chi connectivity index (χ2n) is 8.93. The van der Waals surface area contributed by atoms with E-state index in [1.165, 1.54) is 0 Å². The number of rotatable bonds is 3. The van der Waals surface area contributed by atoms with Gasteiger partial charge in [0.05, 0.1) is 11.2 Å². The largest absolute Gasteiger partial charge is 0.458 e. The first kappa shape index (κ1) is 20.0. The molecule has 0 saturated carbocycles. The first-order valence-electron chi connectivity index (χ1n) is 10.9. The van der Waals surface area contributed by atoms with E-state index in [0.29, 0.717) is 11.1 Å². The Kier molecular flexibility index (Phi) is 4.94. The molecule has 2 aromatic rings. The van der Waals surface area contributed by atoms with Crippen molar-refractivity contribution in [3.05, 3.63) is 71.8 Å². The summed E-state index contributed by atoms with van der Waals surface area (Å²) >= 11 is 0. The maximum atomic E-state index is 12.6. The van der Waals surface area contributed by atoms with Crippen molar-refractivity contribution < 1.29 is 23.8 Å². The number of epoxide rings is 1. The lowest BCUT2D eigenvalue weighted by molar-refractivity contribution is -0.140. The summed E-state index contributed by atoms with van der Waals surface area (Å²) in [5.74, 6) is -0.708. The summed E-state index contributed by atoms with van der Waals surface area (Å²) in [7, 11) is 0. The Morgan fingerprint density at radius 2 is 2.03 bits per heavy atom. The maximum Gasteiger partial charge on any atom is 0.338 e. The Hall–Kier alpha value is -2.92. The van der Waals surface area contributed by atoms with Gasteiger partial charge >= 0.3 is 11.9 Å². The van der Waals surface area contributed by atoms with E-state index in [9.17, 15) is 9.59 Å². The van der Waals surface area contributed by atoms with E-state index in [0.717, 1.165) is 42.0 Å². The third-order valence-corrected chi connectivity index (χ3v) is 6.81. The number of esters is 2. The Labute approximate surface area is 181 Å². The predicted molar refractivity (Wildman–Crippen MR) is 117 cm³/mol. The molecule has 0 bridgehead atoms. The van der Waals surface area contributed by atoms with Crippen molar-refractivity contribution in [2.24, 2.45) is 5.92 Å². The number of benzene rings is 2.